The van der Waals surface area contributed by atoms with Crippen LogP contribution in [0.3, 0.4) is 0 Å². The number of carbonyl (C=O) groups is 1. The van der Waals surface area contributed by atoms with E-state index in [-0.39, 0.29) is 40.0 Å². The average molecular weight is 692 g/mol. The lowest BCUT2D eigenvalue weighted by atomic mass is 9.86. The molecule has 0 spiro atoms. The van der Waals surface area contributed by atoms with Gasteiger partial charge in [0.2, 0.25) is 0 Å². The van der Waals surface area contributed by atoms with E-state index in [9.17, 15) is 39.9 Å². The first kappa shape index (κ1) is 31.7. The Hall–Kier alpha value is -3.27. The fourth-order valence-electron chi connectivity index (χ4n) is 3.95. The van der Waals surface area contributed by atoms with Crippen molar-refractivity contribution in [3.63, 3.8) is 0 Å². The smallest absolute Gasteiger partial charge is 0.403 e. The Labute approximate surface area is 244 Å². The molecule has 226 valence electrons. The Morgan fingerprint density at radius 2 is 1.76 bits per heavy atom. The third-order valence-electron chi connectivity index (χ3n) is 6.09. The Kier molecular flexibility index (Phi) is 8.36. The summed E-state index contributed by atoms with van der Waals surface area (Å²) in [5.41, 5.74) is -7.62. The van der Waals surface area contributed by atoms with Gasteiger partial charge in [-0.05, 0) is 47.0 Å². The molecule has 0 bridgehead atoms. The average Bonchev–Trinajstić information content (AvgIpc) is 3.54. The van der Waals surface area contributed by atoms with Crippen molar-refractivity contribution in [1.82, 2.24) is 20.1 Å². The molecule has 4 rings (SSSR count). The van der Waals surface area contributed by atoms with Crippen LogP contribution in [0.5, 0.6) is 5.75 Å². The molecule has 42 heavy (non-hydrogen) atoms. The zero-order valence-electron chi connectivity index (χ0n) is 20.8. The number of benzene rings is 1. The van der Waals surface area contributed by atoms with Gasteiger partial charge < -0.3 is 10.1 Å². The van der Waals surface area contributed by atoms with E-state index in [1.54, 1.807) is 0 Å². The standard InChI is InChI=1S/C25H17BrClF9N4O2/c1-2-5-22(28,29)23(30,24(31,32)33)14-7-17(26)19(18(8-14)42-25(34,35)36)40-11-13(10-38-40)12-6-16(20(27)37-9-12)21(41)39-15-3-4-15/h2,6-11,15H,1,3-5H2,(H,39,41). The summed E-state index contributed by atoms with van der Waals surface area (Å²) in [4.78, 5) is 16.4. The Balaban J connectivity index is 1.83. The van der Waals surface area contributed by atoms with Crippen molar-refractivity contribution in [3.8, 4) is 22.6 Å². The van der Waals surface area contributed by atoms with E-state index in [2.05, 4.69) is 42.6 Å². The van der Waals surface area contributed by atoms with E-state index in [1.807, 2.05) is 0 Å². The lowest BCUT2D eigenvalue weighted by Gasteiger charge is -2.35. The second-order valence-electron chi connectivity index (χ2n) is 9.19. The van der Waals surface area contributed by atoms with Crippen LogP contribution in [0.4, 0.5) is 39.5 Å². The number of hydrogen-bond acceptors (Lipinski definition) is 4. The normalized spacial score (nSPS) is 15.7. The fourth-order valence-corrected chi connectivity index (χ4v) is 4.76. The van der Waals surface area contributed by atoms with Crippen LogP contribution >= 0.6 is 27.5 Å². The highest BCUT2D eigenvalue weighted by atomic mass is 79.9. The molecule has 1 fully saturated rings. The SMILES string of the molecule is C=CCC(F)(F)C(F)(c1cc(Br)c(-n2cc(-c3cnc(Cl)c(C(=O)NC4CC4)c3)cn2)c(OC(F)(F)F)c1)C(F)(F)F. The quantitative estimate of drug-likeness (QED) is 0.140. The highest BCUT2D eigenvalue weighted by Crippen LogP contribution is 2.55. The molecule has 17 heteroatoms. The number of allylic oxidation sites excluding steroid dienone is 1. The van der Waals surface area contributed by atoms with Gasteiger partial charge in [-0.15, -0.1) is 19.8 Å². The minimum absolute atomic E-state index is 0.00710. The zero-order valence-corrected chi connectivity index (χ0v) is 23.1. The molecule has 2 heterocycles. The first-order valence-corrected chi connectivity index (χ1v) is 12.9. The highest BCUT2D eigenvalue weighted by molar-refractivity contribution is 9.10. The largest absolute Gasteiger partial charge is 0.573 e. The Bertz CT molecular complexity index is 1520. The zero-order chi connectivity index (χ0) is 31.3. The molecule has 3 aromatic rings. The van der Waals surface area contributed by atoms with Gasteiger partial charge in [-0.25, -0.2) is 22.8 Å². The molecule has 6 nitrogen and oxygen atoms in total. The molecule has 1 N–H and O–H groups in total. The summed E-state index contributed by atoms with van der Waals surface area (Å²) in [6.07, 6.45) is -8.23. The van der Waals surface area contributed by atoms with Gasteiger partial charge in [-0.1, -0.05) is 17.7 Å². The first-order valence-electron chi connectivity index (χ1n) is 11.7. The minimum atomic E-state index is -6.26. The van der Waals surface area contributed by atoms with Crippen LogP contribution in [-0.4, -0.2) is 45.2 Å². The van der Waals surface area contributed by atoms with Crippen LogP contribution in [0.25, 0.3) is 16.8 Å². The lowest BCUT2D eigenvalue weighted by Crippen LogP contribution is -2.52. The molecule has 1 saturated carbocycles. The summed E-state index contributed by atoms with van der Waals surface area (Å²) in [7, 11) is 0. The molecule has 1 atom stereocenters. The predicted octanol–water partition coefficient (Wildman–Crippen LogP) is 8.08. The third kappa shape index (κ3) is 6.23. The maximum atomic E-state index is 15.4. The van der Waals surface area contributed by atoms with Crippen molar-refractivity contribution in [3.05, 3.63) is 70.2 Å². The van der Waals surface area contributed by atoms with Crippen molar-refractivity contribution in [2.45, 2.75) is 49.4 Å². The third-order valence-corrected chi connectivity index (χ3v) is 6.99. The molecule has 0 aliphatic heterocycles. The number of pyridine rings is 1. The Morgan fingerprint density at radius 3 is 2.33 bits per heavy atom. The molecular formula is C25H17BrClF9N4O2. The number of rotatable bonds is 9. The van der Waals surface area contributed by atoms with Crippen LogP contribution in [0.15, 0.2) is 53.9 Å². The van der Waals surface area contributed by atoms with Gasteiger partial charge in [0.1, 0.15) is 10.8 Å². The van der Waals surface area contributed by atoms with Crippen LogP contribution < -0.4 is 10.1 Å². The number of halogens is 11. The summed E-state index contributed by atoms with van der Waals surface area (Å²) in [5.74, 6) is -7.15. The van der Waals surface area contributed by atoms with Crippen molar-refractivity contribution in [2.24, 2.45) is 0 Å². The van der Waals surface area contributed by atoms with Gasteiger partial charge in [0.25, 0.3) is 17.5 Å². The number of amides is 1. The number of ether oxygens (including phenoxy) is 1. The van der Waals surface area contributed by atoms with Crippen LogP contribution in [0, 0.1) is 0 Å². The number of nitrogens with one attached hydrogen (secondary N) is 1. The molecule has 1 amide bonds. The number of hydrogen-bond donors (Lipinski definition) is 1. The van der Waals surface area contributed by atoms with E-state index in [0.29, 0.717) is 6.08 Å². The van der Waals surface area contributed by atoms with Crippen molar-refractivity contribution >= 4 is 33.4 Å². The van der Waals surface area contributed by atoms with Crippen molar-refractivity contribution < 1.29 is 49.0 Å². The van der Waals surface area contributed by atoms with Crippen molar-refractivity contribution in [2.75, 3.05) is 0 Å². The van der Waals surface area contributed by atoms with Gasteiger partial charge in [-0.2, -0.15) is 18.3 Å². The molecular weight excluding hydrogens is 675 g/mol. The van der Waals surface area contributed by atoms with Crippen LogP contribution in [0.2, 0.25) is 5.15 Å². The number of aromatic nitrogens is 3. The highest BCUT2D eigenvalue weighted by Gasteiger charge is 2.71. The van der Waals surface area contributed by atoms with E-state index >= 15 is 4.39 Å². The molecule has 1 unspecified atom stereocenters. The molecule has 1 aliphatic rings. The number of alkyl halides is 9. The van der Waals surface area contributed by atoms with Gasteiger partial charge in [0.15, 0.2) is 5.75 Å². The van der Waals surface area contributed by atoms with E-state index in [1.165, 1.54) is 12.3 Å². The van der Waals surface area contributed by atoms with E-state index in [4.69, 9.17) is 11.6 Å². The van der Waals surface area contributed by atoms with Gasteiger partial charge in [0, 0.05) is 46.0 Å². The summed E-state index contributed by atoms with van der Waals surface area (Å²) in [6.45, 7) is 2.89. The minimum Gasteiger partial charge on any atom is -0.403 e. The summed E-state index contributed by atoms with van der Waals surface area (Å²) in [5, 5.41) is 6.48. The maximum absolute atomic E-state index is 15.4. The fraction of sp³-hybridized carbons (Fsp3) is 0.320. The molecule has 1 aromatic carbocycles. The second kappa shape index (κ2) is 11.1. The second-order valence-corrected chi connectivity index (χ2v) is 10.4. The van der Waals surface area contributed by atoms with E-state index < -0.39 is 57.9 Å². The topological polar surface area (TPSA) is 69.0 Å². The molecule has 1 aliphatic carbocycles. The van der Waals surface area contributed by atoms with Crippen LogP contribution in [0.1, 0.15) is 35.2 Å². The maximum Gasteiger partial charge on any atom is 0.573 e. The molecule has 0 radical (unpaired) electrons. The predicted molar refractivity (Wildman–Crippen MR) is 135 cm³/mol. The summed E-state index contributed by atoms with van der Waals surface area (Å²) in [6, 6.07) is 1.46. The van der Waals surface area contributed by atoms with Gasteiger partial charge in [-0.3, -0.25) is 4.79 Å². The number of nitrogens with zero attached hydrogens (tertiary/aromatic N) is 3. The van der Waals surface area contributed by atoms with E-state index in [0.717, 1.165) is 29.9 Å². The summed E-state index contributed by atoms with van der Waals surface area (Å²) < 4.78 is 130. The van der Waals surface area contributed by atoms with Gasteiger partial charge >= 0.3 is 12.5 Å². The number of carbonyl (C=O) groups excluding carboxylic acids is 1. The van der Waals surface area contributed by atoms with Gasteiger partial charge in [0.05, 0.1) is 11.8 Å². The monoisotopic (exact) mass is 690 g/mol. The Morgan fingerprint density at radius 1 is 1.10 bits per heavy atom. The summed E-state index contributed by atoms with van der Waals surface area (Å²) >= 11 is 8.78. The van der Waals surface area contributed by atoms with Crippen molar-refractivity contribution in [1.29, 1.82) is 0 Å². The lowest BCUT2D eigenvalue weighted by molar-refractivity contribution is -0.308. The first-order chi connectivity index (χ1) is 19.4. The molecule has 0 saturated heterocycles. The van der Waals surface area contributed by atoms with Crippen LogP contribution in [-0.2, 0) is 5.67 Å². The molecule has 2 aromatic heterocycles.